The van der Waals surface area contributed by atoms with Crippen LogP contribution in [0.25, 0.3) is 0 Å². The Kier molecular flexibility index (Phi) is 4.02. The summed E-state index contributed by atoms with van der Waals surface area (Å²) in [5, 5.41) is 19.7. The number of aliphatic hydroxyl groups excluding tert-OH is 1. The van der Waals surface area contributed by atoms with Gasteiger partial charge in [-0.2, -0.15) is 0 Å². The van der Waals surface area contributed by atoms with Crippen molar-refractivity contribution in [1.82, 2.24) is 0 Å². The summed E-state index contributed by atoms with van der Waals surface area (Å²) in [5.41, 5.74) is 0.595. The molecule has 0 heterocycles. The molecule has 24 heavy (non-hydrogen) atoms. The molecule has 4 aliphatic rings. The van der Waals surface area contributed by atoms with Gasteiger partial charge < -0.3 is 10.2 Å². The Bertz CT molecular complexity index is 517. The van der Waals surface area contributed by atoms with Gasteiger partial charge in [0.05, 0.1) is 6.10 Å². The SMILES string of the molecule is C[C@]12CCC3C(CC[C@H]4CC(CC(=O)O)CC[C@]34C)C1CC[C@@H]2O. The molecule has 0 aromatic carbocycles. The van der Waals surface area contributed by atoms with E-state index in [0.29, 0.717) is 17.8 Å². The van der Waals surface area contributed by atoms with Crippen LogP contribution in [0.5, 0.6) is 0 Å². The Morgan fingerprint density at radius 3 is 2.42 bits per heavy atom. The van der Waals surface area contributed by atoms with Gasteiger partial charge in [0.25, 0.3) is 0 Å². The van der Waals surface area contributed by atoms with Crippen LogP contribution in [0.1, 0.15) is 78.1 Å². The Balaban J connectivity index is 1.53. The Labute approximate surface area is 146 Å². The number of aliphatic carboxylic acids is 1. The fraction of sp³-hybridized carbons (Fsp3) is 0.952. The Morgan fingerprint density at radius 1 is 0.958 bits per heavy atom. The van der Waals surface area contributed by atoms with E-state index in [1.54, 1.807) is 0 Å². The quantitative estimate of drug-likeness (QED) is 0.783. The summed E-state index contributed by atoms with van der Waals surface area (Å²) in [6, 6.07) is 0. The highest BCUT2D eigenvalue weighted by Crippen LogP contribution is 2.66. The van der Waals surface area contributed by atoms with Gasteiger partial charge in [-0.05, 0) is 98.2 Å². The molecule has 0 saturated heterocycles. The van der Waals surface area contributed by atoms with Gasteiger partial charge in [-0.1, -0.05) is 13.8 Å². The first kappa shape index (κ1) is 16.9. The van der Waals surface area contributed by atoms with Crippen molar-refractivity contribution >= 4 is 5.97 Å². The normalized spacial score (nSPS) is 53.8. The zero-order valence-corrected chi connectivity index (χ0v) is 15.3. The van der Waals surface area contributed by atoms with Crippen LogP contribution in [0.3, 0.4) is 0 Å². The van der Waals surface area contributed by atoms with Crippen LogP contribution in [-0.2, 0) is 4.79 Å². The lowest BCUT2D eigenvalue weighted by Gasteiger charge is -2.61. The van der Waals surface area contributed by atoms with Crippen LogP contribution in [0.15, 0.2) is 0 Å². The van der Waals surface area contributed by atoms with E-state index in [1.165, 1.54) is 38.5 Å². The van der Waals surface area contributed by atoms with Crippen molar-refractivity contribution in [2.75, 3.05) is 0 Å². The van der Waals surface area contributed by atoms with Crippen LogP contribution < -0.4 is 0 Å². The Hall–Kier alpha value is -0.570. The van der Waals surface area contributed by atoms with Gasteiger partial charge in [-0.25, -0.2) is 0 Å². The van der Waals surface area contributed by atoms with E-state index < -0.39 is 5.97 Å². The largest absolute Gasteiger partial charge is 0.481 e. The molecule has 4 rings (SSSR count). The first-order chi connectivity index (χ1) is 11.3. The third-order valence-electron chi connectivity index (χ3n) is 9.19. The molecule has 2 N–H and O–H groups in total. The number of hydrogen-bond donors (Lipinski definition) is 2. The summed E-state index contributed by atoms with van der Waals surface area (Å²) in [4.78, 5) is 11.1. The number of aliphatic hydroxyl groups is 1. The highest BCUT2D eigenvalue weighted by Gasteiger charge is 2.59. The summed E-state index contributed by atoms with van der Waals surface area (Å²) >= 11 is 0. The number of rotatable bonds is 2. The molecule has 0 aromatic heterocycles. The van der Waals surface area contributed by atoms with Gasteiger partial charge in [0.1, 0.15) is 0 Å². The van der Waals surface area contributed by atoms with Gasteiger partial charge >= 0.3 is 5.97 Å². The minimum Gasteiger partial charge on any atom is -0.481 e. The molecule has 8 atom stereocenters. The number of carboxylic acid groups (broad SMARTS) is 1. The van der Waals surface area contributed by atoms with E-state index in [4.69, 9.17) is 5.11 Å². The fourth-order valence-corrected chi connectivity index (χ4v) is 7.75. The molecule has 136 valence electrons. The molecule has 0 amide bonds. The molecule has 3 heteroatoms. The summed E-state index contributed by atoms with van der Waals surface area (Å²) in [5.74, 6) is 2.85. The van der Waals surface area contributed by atoms with Gasteiger partial charge in [0, 0.05) is 6.42 Å². The van der Waals surface area contributed by atoms with Crippen molar-refractivity contribution in [3.63, 3.8) is 0 Å². The maximum absolute atomic E-state index is 11.1. The third-order valence-corrected chi connectivity index (χ3v) is 9.19. The Morgan fingerprint density at radius 2 is 1.67 bits per heavy atom. The number of carbonyl (C=O) groups is 1. The van der Waals surface area contributed by atoms with E-state index in [-0.39, 0.29) is 11.5 Å². The lowest BCUT2D eigenvalue weighted by Crippen LogP contribution is -2.54. The number of fused-ring (bicyclic) bond motifs is 5. The van der Waals surface area contributed by atoms with Crippen LogP contribution >= 0.6 is 0 Å². The molecule has 4 fully saturated rings. The van der Waals surface area contributed by atoms with Crippen molar-refractivity contribution in [2.24, 2.45) is 40.4 Å². The second-order valence-electron chi connectivity index (χ2n) is 10.0. The third kappa shape index (κ3) is 2.37. The van der Waals surface area contributed by atoms with Crippen molar-refractivity contribution < 1.29 is 15.0 Å². The maximum atomic E-state index is 11.1. The topological polar surface area (TPSA) is 57.5 Å². The fourth-order valence-electron chi connectivity index (χ4n) is 7.75. The molecule has 0 radical (unpaired) electrons. The average Bonchev–Trinajstić information content (AvgIpc) is 2.83. The van der Waals surface area contributed by atoms with E-state index in [1.807, 2.05) is 0 Å². The van der Waals surface area contributed by atoms with Crippen LogP contribution in [0, 0.1) is 40.4 Å². The smallest absolute Gasteiger partial charge is 0.303 e. The van der Waals surface area contributed by atoms with Crippen LogP contribution in [0.4, 0.5) is 0 Å². The highest BCUT2D eigenvalue weighted by atomic mass is 16.4. The first-order valence-corrected chi connectivity index (χ1v) is 10.2. The van der Waals surface area contributed by atoms with Crippen molar-refractivity contribution in [2.45, 2.75) is 84.2 Å². The summed E-state index contributed by atoms with van der Waals surface area (Å²) in [6.07, 6.45) is 11.1. The van der Waals surface area contributed by atoms with Crippen molar-refractivity contribution in [3.8, 4) is 0 Å². The predicted molar refractivity (Wildman–Crippen MR) is 93.5 cm³/mol. The molecule has 0 aliphatic heterocycles. The summed E-state index contributed by atoms with van der Waals surface area (Å²) < 4.78 is 0. The zero-order chi connectivity index (χ0) is 17.1. The van der Waals surface area contributed by atoms with E-state index >= 15 is 0 Å². The second kappa shape index (κ2) is 5.72. The molecular formula is C21H34O3. The minimum absolute atomic E-state index is 0.0831. The van der Waals surface area contributed by atoms with Crippen molar-refractivity contribution in [3.05, 3.63) is 0 Å². The standard InChI is InChI=1S/C21H34O3/c1-20-9-7-13(12-19(23)24)11-14(20)3-4-15-16-5-6-18(22)21(16,2)10-8-17(15)20/h13-18,22H,3-12H2,1-2H3,(H,23,24)/t13?,14-,15?,16?,17?,18-,20-,21-/m0/s1. The number of hydrogen-bond acceptors (Lipinski definition) is 2. The molecule has 4 unspecified atom stereocenters. The molecule has 4 aliphatic carbocycles. The minimum atomic E-state index is -0.620. The predicted octanol–water partition coefficient (Wildman–Crippen LogP) is 4.48. The lowest BCUT2D eigenvalue weighted by molar-refractivity contribution is -0.142. The molecule has 4 saturated carbocycles. The molecule has 3 nitrogen and oxygen atoms in total. The zero-order valence-electron chi connectivity index (χ0n) is 15.3. The van der Waals surface area contributed by atoms with Crippen LogP contribution in [0.2, 0.25) is 0 Å². The molecule has 0 bridgehead atoms. The molecule has 0 aromatic rings. The lowest BCUT2D eigenvalue weighted by atomic mass is 9.44. The van der Waals surface area contributed by atoms with E-state index in [0.717, 1.165) is 42.9 Å². The first-order valence-electron chi connectivity index (χ1n) is 10.2. The summed E-state index contributed by atoms with van der Waals surface area (Å²) in [7, 11) is 0. The molecule has 0 spiro atoms. The van der Waals surface area contributed by atoms with E-state index in [9.17, 15) is 9.90 Å². The molecular weight excluding hydrogens is 300 g/mol. The monoisotopic (exact) mass is 334 g/mol. The van der Waals surface area contributed by atoms with Crippen molar-refractivity contribution in [1.29, 1.82) is 0 Å². The highest BCUT2D eigenvalue weighted by molar-refractivity contribution is 5.67. The van der Waals surface area contributed by atoms with E-state index in [2.05, 4.69) is 13.8 Å². The van der Waals surface area contributed by atoms with Gasteiger partial charge in [0.15, 0.2) is 0 Å². The summed E-state index contributed by atoms with van der Waals surface area (Å²) in [6.45, 7) is 4.88. The van der Waals surface area contributed by atoms with Gasteiger partial charge in [-0.3, -0.25) is 4.79 Å². The second-order valence-corrected chi connectivity index (χ2v) is 10.0. The van der Waals surface area contributed by atoms with Gasteiger partial charge in [0.2, 0.25) is 0 Å². The number of carboxylic acids is 1. The average molecular weight is 335 g/mol. The van der Waals surface area contributed by atoms with Crippen LogP contribution in [-0.4, -0.2) is 22.3 Å². The van der Waals surface area contributed by atoms with Gasteiger partial charge in [-0.15, -0.1) is 0 Å². The maximum Gasteiger partial charge on any atom is 0.303 e.